The predicted molar refractivity (Wildman–Crippen MR) is 163 cm³/mol. The average Bonchev–Trinajstić information content (AvgIpc) is 3.48. The minimum Gasteiger partial charge on any atom is -0.337 e. The Morgan fingerprint density at radius 2 is 1.13 bits per heavy atom. The number of hydrogen-bond acceptors (Lipinski definition) is 0. The Labute approximate surface area is 223 Å². The summed E-state index contributed by atoms with van der Waals surface area (Å²) >= 11 is 0. The molecule has 1 unspecified atom stereocenters. The molecule has 0 amide bonds. The summed E-state index contributed by atoms with van der Waals surface area (Å²) in [4.78, 5) is 0. The monoisotopic (exact) mass is 492 g/mol. The van der Waals surface area contributed by atoms with Crippen LogP contribution in [0.2, 0.25) is 0 Å². The number of para-hydroxylation sites is 3. The Morgan fingerprint density at radius 3 is 1.89 bits per heavy atom. The highest BCUT2D eigenvalue weighted by Gasteiger charge is 2.18. The van der Waals surface area contributed by atoms with Crippen LogP contribution >= 0.6 is 0 Å². The molecule has 1 atom stereocenters. The smallest absolute Gasteiger partial charge is 0.0541 e. The molecule has 0 spiro atoms. The van der Waals surface area contributed by atoms with Gasteiger partial charge in [-0.1, -0.05) is 93.1 Å². The van der Waals surface area contributed by atoms with Crippen LogP contribution in [0.3, 0.4) is 0 Å². The Morgan fingerprint density at radius 1 is 0.526 bits per heavy atom. The fraction of sp³-hybridized carbons (Fsp3) is 0.167. The first kappa shape index (κ1) is 22.9. The second kappa shape index (κ2) is 9.22. The number of benzene rings is 5. The van der Waals surface area contributed by atoms with E-state index in [-0.39, 0.29) is 0 Å². The molecule has 0 saturated heterocycles. The average molecular weight is 493 g/mol. The van der Waals surface area contributed by atoms with Crippen molar-refractivity contribution in [2.24, 2.45) is 0 Å². The molecule has 0 aliphatic heterocycles. The van der Waals surface area contributed by atoms with Crippen molar-refractivity contribution in [1.29, 1.82) is 0 Å². The van der Waals surface area contributed by atoms with Crippen molar-refractivity contribution in [2.45, 2.75) is 39.2 Å². The first-order chi connectivity index (χ1) is 18.8. The number of hydrogen-bond donors (Lipinski definition) is 0. The maximum absolute atomic E-state index is 2.61. The molecular weight excluding hydrogens is 460 g/mol. The second-order valence-electron chi connectivity index (χ2n) is 10.4. The van der Waals surface area contributed by atoms with Crippen molar-refractivity contribution in [2.75, 3.05) is 0 Å². The molecule has 7 rings (SSSR count). The van der Waals surface area contributed by atoms with Crippen molar-refractivity contribution in [3.05, 3.63) is 115 Å². The van der Waals surface area contributed by atoms with Gasteiger partial charge in [0.2, 0.25) is 0 Å². The Kier molecular flexibility index (Phi) is 5.55. The lowest BCUT2D eigenvalue weighted by Gasteiger charge is -2.19. The van der Waals surface area contributed by atoms with Crippen LogP contribution < -0.4 is 0 Å². The normalized spacial score (nSPS) is 12.7. The van der Waals surface area contributed by atoms with E-state index in [0.717, 1.165) is 6.42 Å². The molecule has 0 saturated carbocycles. The van der Waals surface area contributed by atoms with Gasteiger partial charge in [0, 0.05) is 44.3 Å². The Bertz CT molecular complexity index is 1920. The predicted octanol–water partition coefficient (Wildman–Crippen LogP) is 10.3. The van der Waals surface area contributed by atoms with Gasteiger partial charge in [-0.15, -0.1) is 0 Å². The molecule has 0 fully saturated rings. The van der Waals surface area contributed by atoms with Crippen LogP contribution in [0.1, 0.15) is 39.2 Å². The highest BCUT2D eigenvalue weighted by Crippen LogP contribution is 2.39. The SMILES string of the molecule is CCCC(CC)n1c2ccccc2c2ccc(-c3ccc4c(c3)c3ccccc3n4-c3ccccc3)cc21. The Balaban J connectivity index is 1.46. The molecule has 186 valence electrons. The zero-order valence-corrected chi connectivity index (χ0v) is 22.1. The van der Waals surface area contributed by atoms with E-state index in [1.54, 1.807) is 0 Å². The van der Waals surface area contributed by atoms with Crippen LogP contribution in [0.25, 0.3) is 60.4 Å². The lowest BCUT2D eigenvalue weighted by molar-refractivity contribution is 0.471. The van der Waals surface area contributed by atoms with E-state index >= 15 is 0 Å². The van der Waals surface area contributed by atoms with Gasteiger partial charge in [-0.05, 0) is 66.4 Å². The third-order valence-electron chi connectivity index (χ3n) is 8.19. The quantitative estimate of drug-likeness (QED) is 0.218. The minimum atomic E-state index is 0.504. The molecule has 0 radical (unpaired) electrons. The summed E-state index contributed by atoms with van der Waals surface area (Å²) in [5, 5.41) is 5.28. The summed E-state index contributed by atoms with van der Waals surface area (Å²) < 4.78 is 4.99. The molecule has 0 aliphatic rings. The molecule has 2 aromatic heterocycles. The van der Waals surface area contributed by atoms with Crippen molar-refractivity contribution in [3.8, 4) is 16.8 Å². The van der Waals surface area contributed by atoms with Crippen LogP contribution in [-0.4, -0.2) is 9.13 Å². The second-order valence-corrected chi connectivity index (χ2v) is 10.4. The topological polar surface area (TPSA) is 9.86 Å². The lowest BCUT2D eigenvalue weighted by atomic mass is 10.0. The molecule has 38 heavy (non-hydrogen) atoms. The van der Waals surface area contributed by atoms with E-state index in [2.05, 4.69) is 138 Å². The van der Waals surface area contributed by atoms with Crippen LogP contribution in [0.5, 0.6) is 0 Å². The minimum absolute atomic E-state index is 0.504. The summed E-state index contributed by atoms with van der Waals surface area (Å²) in [5.41, 5.74) is 8.90. The zero-order valence-electron chi connectivity index (χ0n) is 22.1. The molecule has 2 heterocycles. The van der Waals surface area contributed by atoms with Gasteiger partial charge in [-0.2, -0.15) is 0 Å². The highest BCUT2D eigenvalue weighted by atomic mass is 15.0. The van der Waals surface area contributed by atoms with Crippen LogP contribution in [-0.2, 0) is 0 Å². The van der Waals surface area contributed by atoms with Crippen LogP contribution in [0.15, 0.2) is 115 Å². The van der Waals surface area contributed by atoms with E-state index in [0.29, 0.717) is 6.04 Å². The third-order valence-corrected chi connectivity index (χ3v) is 8.19. The molecule has 2 nitrogen and oxygen atoms in total. The molecule has 0 N–H and O–H groups in total. The summed E-state index contributed by atoms with van der Waals surface area (Å²) in [6.45, 7) is 4.62. The van der Waals surface area contributed by atoms with Gasteiger partial charge in [-0.25, -0.2) is 0 Å². The van der Waals surface area contributed by atoms with Gasteiger partial charge in [-0.3, -0.25) is 0 Å². The van der Waals surface area contributed by atoms with Gasteiger partial charge in [0.15, 0.2) is 0 Å². The van der Waals surface area contributed by atoms with Gasteiger partial charge >= 0.3 is 0 Å². The number of fused-ring (bicyclic) bond motifs is 6. The van der Waals surface area contributed by atoms with E-state index in [1.807, 2.05) is 0 Å². The molecular formula is C36H32N2. The van der Waals surface area contributed by atoms with E-state index in [1.165, 1.54) is 73.3 Å². The fourth-order valence-corrected chi connectivity index (χ4v) is 6.43. The van der Waals surface area contributed by atoms with Gasteiger partial charge in [0.05, 0.1) is 11.0 Å². The first-order valence-electron chi connectivity index (χ1n) is 13.9. The fourth-order valence-electron chi connectivity index (χ4n) is 6.43. The standard InChI is InChI=1S/C36H32N2/c1-3-12-27(4-2)37-33-17-10-8-15-29(33)31-21-19-26(24-36(31)37)25-20-22-35-32(23-25)30-16-9-11-18-34(30)38(35)28-13-6-5-7-14-28/h5-11,13-24,27H,3-4,12H2,1-2H3. The van der Waals surface area contributed by atoms with E-state index in [4.69, 9.17) is 0 Å². The van der Waals surface area contributed by atoms with E-state index < -0.39 is 0 Å². The number of rotatable bonds is 6. The van der Waals surface area contributed by atoms with Crippen molar-refractivity contribution < 1.29 is 0 Å². The van der Waals surface area contributed by atoms with Gasteiger partial charge in [0.25, 0.3) is 0 Å². The summed E-state index contributed by atoms with van der Waals surface area (Å²) in [5.74, 6) is 0. The summed E-state index contributed by atoms with van der Waals surface area (Å²) in [6.07, 6.45) is 3.52. The largest absolute Gasteiger partial charge is 0.337 e. The zero-order chi connectivity index (χ0) is 25.6. The first-order valence-corrected chi connectivity index (χ1v) is 13.9. The van der Waals surface area contributed by atoms with Crippen molar-refractivity contribution >= 4 is 43.6 Å². The van der Waals surface area contributed by atoms with Crippen LogP contribution in [0.4, 0.5) is 0 Å². The maximum atomic E-state index is 2.61. The molecule has 0 aliphatic carbocycles. The van der Waals surface area contributed by atoms with Crippen molar-refractivity contribution in [3.63, 3.8) is 0 Å². The van der Waals surface area contributed by atoms with E-state index in [9.17, 15) is 0 Å². The maximum Gasteiger partial charge on any atom is 0.0541 e. The highest BCUT2D eigenvalue weighted by molar-refractivity contribution is 6.12. The summed E-state index contributed by atoms with van der Waals surface area (Å²) in [6, 6.07) is 42.9. The third kappa shape index (κ3) is 3.48. The number of nitrogens with zero attached hydrogens (tertiary/aromatic N) is 2. The molecule has 5 aromatic carbocycles. The van der Waals surface area contributed by atoms with Crippen molar-refractivity contribution in [1.82, 2.24) is 9.13 Å². The number of aromatic nitrogens is 2. The molecule has 0 bridgehead atoms. The van der Waals surface area contributed by atoms with Gasteiger partial charge in [0.1, 0.15) is 0 Å². The molecule has 7 aromatic rings. The lowest BCUT2D eigenvalue weighted by Crippen LogP contribution is -2.07. The molecule has 2 heteroatoms. The Hall–Kier alpha value is -4.30. The van der Waals surface area contributed by atoms with Crippen LogP contribution in [0, 0.1) is 0 Å². The van der Waals surface area contributed by atoms with Gasteiger partial charge < -0.3 is 9.13 Å². The summed E-state index contributed by atoms with van der Waals surface area (Å²) in [7, 11) is 0.